The van der Waals surface area contributed by atoms with Gasteiger partial charge in [0.1, 0.15) is 11.7 Å². The van der Waals surface area contributed by atoms with Crippen molar-refractivity contribution in [1.29, 1.82) is 0 Å². The number of aromatic nitrogens is 2. The van der Waals surface area contributed by atoms with E-state index in [2.05, 4.69) is 10.00 Å². The van der Waals surface area contributed by atoms with Gasteiger partial charge < -0.3 is 24.8 Å². The molecule has 1 unspecified atom stereocenters. The number of hydrogen-bond donors (Lipinski definition) is 1. The van der Waals surface area contributed by atoms with E-state index in [-0.39, 0.29) is 0 Å². The van der Waals surface area contributed by atoms with E-state index in [1.54, 1.807) is 13.3 Å². The van der Waals surface area contributed by atoms with E-state index < -0.39 is 12.3 Å². The minimum Gasteiger partial charge on any atom is -0.493 e. The Labute approximate surface area is 126 Å². The Morgan fingerprint density at radius 2 is 1.90 bits per heavy atom. The molecule has 21 heavy (non-hydrogen) atoms. The first kappa shape index (κ1) is 17.9. The average molecular weight is 300 g/mol. The zero-order valence-corrected chi connectivity index (χ0v) is 13.7. The lowest BCUT2D eigenvalue weighted by Gasteiger charge is -2.25. The maximum absolute atomic E-state index is 6.33. The second-order valence-corrected chi connectivity index (χ2v) is 4.93. The normalized spacial score (nSPS) is 13.1. The molecule has 122 valence electrons. The quantitative estimate of drug-likeness (QED) is 0.646. The summed E-state index contributed by atoms with van der Waals surface area (Å²) in [6.45, 7) is 6.49. The molecule has 0 saturated heterocycles. The number of methoxy groups -OCH3 is 1. The molecule has 1 aromatic rings. The van der Waals surface area contributed by atoms with Crippen LogP contribution in [0.15, 0.2) is 6.20 Å². The lowest BCUT2D eigenvalue weighted by atomic mass is 10.2. The minimum atomic E-state index is -0.510. The summed E-state index contributed by atoms with van der Waals surface area (Å²) >= 11 is 0. The molecular formula is C14H28N4O3. The first-order chi connectivity index (χ1) is 10.0. The lowest BCUT2D eigenvalue weighted by Crippen LogP contribution is -2.34. The number of likely N-dealkylation sites (N-methyl/N-ethyl adjacent to an activating group) is 1. The lowest BCUT2D eigenvalue weighted by molar-refractivity contribution is -0.150. The fourth-order valence-corrected chi connectivity index (χ4v) is 2.06. The van der Waals surface area contributed by atoms with Crippen molar-refractivity contribution in [1.82, 2.24) is 14.7 Å². The molecule has 0 aromatic carbocycles. The van der Waals surface area contributed by atoms with Crippen LogP contribution in [-0.2, 0) is 16.0 Å². The topological polar surface area (TPSA) is 74.8 Å². The van der Waals surface area contributed by atoms with Crippen LogP contribution in [0.25, 0.3) is 0 Å². The first-order valence-corrected chi connectivity index (χ1v) is 7.28. The van der Waals surface area contributed by atoms with Gasteiger partial charge in [-0.3, -0.25) is 4.68 Å². The van der Waals surface area contributed by atoms with Gasteiger partial charge in [0.05, 0.1) is 19.9 Å². The van der Waals surface area contributed by atoms with Crippen molar-refractivity contribution in [2.75, 3.05) is 41.0 Å². The summed E-state index contributed by atoms with van der Waals surface area (Å²) < 4.78 is 18.4. The fourth-order valence-electron chi connectivity index (χ4n) is 2.06. The van der Waals surface area contributed by atoms with Crippen LogP contribution in [0.5, 0.6) is 5.75 Å². The molecule has 2 N–H and O–H groups in total. The summed E-state index contributed by atoms with van der Waals surface area (Å²) in [5.41, 5.74) is 7.13. The van der Waals surface area contributed by atoms with Crippen molar-refractivity contribution in [3.63, 3.8) is 0 Å². The molecule has 0 aliphatic carbocycles. The molecule has 1 rings (SSSR count). The van der Waals surface area contributed by atoms with Gasteiger partial charge in [0.2, 0.25) is 0 Å². The highest BCUT2D eigenvalue weighted by Gasteiger charge is 2.27. The van der Waals surface area contributed by atoms with E-state index in [1.807, 2.05) is 32.6 Å². The van der Waals surface area contributed by atoms with E-state index in [0.717, 1.165) is 18.8 Å². The largest absolute Gasteiger partial charge is 0.493 e. The number of rotatable bonds is 10. The molecule has 0 radical (unpaired) electrons. The van der Waals surface area contributed by atoms with Gasteiger partial charge in [-0.1, -0.05) is 0 Å². The highest BCUT2D eigenvalue weighted by molar-refractivity contribution is 5.28. The van der Waals surface area contributed by atoms with Crippen molar-refractivity contribution < 1.29 is 14.2 Å². The number of ether oxygens (including phenoxy) is 3. The summed E-state index contributed by atoms with van der Waals surface area (Å²) in [6, 6.07) is -0.454. The zero-order valence-electron chi connectivity index (χ0n) is 13.7. The van der Waals surface area contributed by atoms with Gasteiger partial charge in [0, 0.05) is 19.8 Å². The molecule has 0 fully saturated rings. The second-order valence-electron chi connectivity index (χ2n) is 4.93. The third-order valence-corrected chi connectivity index (χ3v) is 3.09. The third kappa shape index (κ3) is 4.96. The molecule has 0 amide bonds. The summed E-state index contributed by atoms with van der Waals surface area (Å²) in [4.78, 5) is 2.09. The van der Waals surface area contributed by atoms with Crippen LogP contribution >= 0.6 is 0 Å². The van der Waals surface area contributed by atoms with E-state index in [0.29, 0.717) is 19.0 Å². The molecule has 0 spiro atoms. The molecule has 0 aliphatic rings. The highest BCUT2D eigenvalue weighted by atomic mass is 16.7. The Balaban J connectivity index is 2.97. The van der Waals surface area contributed by atoms with Crippen LogP contribution in [0.2, 0.25) is 0 Å². The van der Waals surface area contributed by atoms with Crippen molar-refractivity contribution in [3.05, 3.63) is 11.9 Å². The predicted octanol–water partition coefficient (Wildman–Crippen LogP) is 0.852. The monoisotopic (exact) mass is 300 g/mol. The van der Waals surface area contributed by atoms with Crippen molar-refractivity contribution in [2.24, 2.45) is 5.73 Å². The maximum atomic E-state index is 6.33. The van der Waals surface area contributed by atoms with Crippen LogP contribution in [-0.4, -0.2) is 61.9 Å². The summed E-state index contributed by atoms with van der Waals surface area (Å²) in [7, 11) is 5.65. The molecule has 1 atom stereocenters. The van der Waals surface area contributed by atoms with E-state index in [9.17, 15) is 0 Å². The van der Waals surface area contributed by atoms with Gasteiger partial charge in [-0.15, -0.1) is 0 Å². The van der Waals surface area contributed by atoms with E-state index >= 15 is 0 Å². The number of hydrogen-bond acceptors (Lipinski definition) is 6. The standard InChI is InChI=1S/C14H28N4O3/c1-6-20-14(21-7-2)12(15)13-11(19-5)10-16-18(13)9-8-17(3)4/h10,12,14H,6-9,15H2,1-5H3. The number of nitrogens with two attached hydrogens (primary N) is 1. The average Bonchev–Trinajstić information content (AvgIpc) is 2.87. The Hall–Kier alpha value is -1.15. The van der Waals surface area contributed by atoms with Crippen molar-refractivity contribution in [2.45, 2.75) is 32.7 Å². The van der Waals surface area contributed by atoms with Crippen molar-refractivity contribution in [3.8, 4) is 5.75 Å². The SMILES string of the molecule is CCOC(OCC)C(N)c1c(OC)cnn1CCN(C)C. The van der Waals surface area contributed by atoms with Crippen LogP contribution in [0.4, 0.5) is 0 Å². The van der Waals surface area contributed by atoms with E-state index in [4.69, 9.17) is 19.9 Å². The van der Waals surface area contributed by atoms with Crippen LogP contribution in [0.3, 0.4) is 0 Å². The van der Waals surface area contributed by atoms with Crippen LogP contribution < -0.4 is 10.5 Å². The summed E-state index contributed by atoms with van der Waals surface area (Å²) in [5, 5.41) is 4.36. The van der Waals surface area contributed by atoms with Gasteiger partial charge in [0.25, 0.3) is 0 Å². The van der Waals surface area contributed by atoms with Gasteiger partial charge in [-0.05, 0) is 27.9 Å². The van der Waals surface area contributed by atoms with Gasteiger partial charge >= 0.3 is 0 Å². The van der Waals surface area contributed by atoms with Gasteiger partial charge in [0.15, 0.2) is 12.0 Å². The molecule has 7 heteroatoms. The molecule has 7 nitrogen and oxygen atoms in total. The van der Waals surface area contributed by atoms with Crippen LogP contribution in [0, 0.1) is 0 Å². The fraction of sp³-hybridized carbons (Fsp3) is 0.786. The number of nitrogens with zero attached hydrogens (tertiary/aromatic N) is 3. The molecule has 1 aromatic heterocycles. The van der Waals surface area contributed by atoms with E-state index in [1.165, 1.54) is 0 Å². The second kappa shape index (κ2) is 8.99. The minimum absolute atomic E-state index is 0.454. The molecule has 0 bridgehead atoms. The Kier molecular flexibility index (Phi) is 7.66. The third-order valence-electron chi connectivity index (χ3n) is 3.09. The Morgan fingerprint density at radius 3 is 2.38 bits per heavy atom. The zero-order chi connectivity index (χ0) is 15.8. The predicted molar refractivity (Wildman–Crippen MR) is 81.3 cm³/mol. The molecule has 0 saturated carbocycles. The molecule has 1 heterocycles. The van der Waals surface area contributed by atoms with Gasteiger partial charge in [-0.25, -0.2) is 0 Å². The first-order valence-electron chi connectivity index (χ1n) is 7.28. The Morgan fingerprint density at radius 1 is 1.29 bits per heavy atom. The summed E-state index contributed by atoms with van der Waals surface area (Å²) in [5.74, 6) is 0.658. The Bertz CT molecular complexity index is 403. The highest BCUT2D eigenvalue weighted by Crippen LogP contribution is 2.27. The summed E-state index contributed by atoms with van der Waals surface area (Å²) in [6.07, 6.45) is 1.17. The van der Waals surface area contributed by atoms with Gasteiger partial charge in [-0.2, -0.15) is 5.10 Å². The van der Waals surface area contributed by atoms with Crippen molar-refractivity contribution >= 4 is 0 Å². The molecular weight excluding hydrogens is 272 g/mol. The maximum Gasteiger partial charge on any atom is 0.178 e. The van der Waals surface area contributed by atoms with Crippen LogP contribution in [0.1, 0.15) is 25.6 Å². The smallest absolute Gasteiger partial charge is 0.178 e. The molecule has 0 aliphatic heterocycles.